The first-order valence-electron chi connectivity index (χ1n) is 6.23. The molecule has 0 radical (unpaired) electrons. The molecule has 0 aromatic heterocycles. The Morgan fingerprint density at radius 2 is 0.950 bits per heavy atom. The van der Waals surface area contributed by atoms with Crippen molar-refractivity contribution in [1.82, 2.24) is 0 Å². The summed E-state index contributed by atoms with van der Waals surface area (Å²) in [6, 6.07) is 2.03. The van der Waals surface area contributed by atoms with Crippen LogP contribution in [0.4, 0.5) is 0 Å². The van der Waals surface area contributed by atoms with E-state index in [1.165, 1.54) is 0 Å². The second-order valence-corrected chi connectivity index (χ2v) is 17.8. The molecule has 0 aliphatic carbocycles. The summed E-state index contributed by atoms with van der Waals surface area (Å²) in [4.78, 5) is 0. The van der Waals surface area contributed by atoms with Crippen LogP contribution in [0.2, 0.25) is 25.2 Å². The van der Waals surface area contributed by atoms with Crippen molar-refractivity contribution in [2.45, 2.75) is 25.2 Å². The molecule has 0 aromatic carbocycles. The Bertz CT molecular complexity index is 219. The Morgan fingerprint density at radius 3 is 1.20 bits per heavy atom. The summed E-state index contributed by atoms with van der Waals surface area (Å²) >= 11 is 0. The minimum absolute atomic E-state index is 1.02. The highest BCUT2D eigenvalue weighted by molar-refractivity contribution is 9.26. The molecule has 0 fully saturated rings. The van der Waals surface area contributed by atoms with Gasteiger partial charge in [0.2, 0.25) is 0 Å². The third-order valence-corrected chi connectivity index (χ3v) is 16.1. The average Bonchev–Trinajstić information content (AvgIpc) is 2.49. The smallest absolute Gasteiger partial charge is 0.335 e. The van der Waals surface area contributed by atoms with E-state index in [1.807, 2.05) is 41.2 Å². The van der Waals surface area contributed by atoms with Crippen molar-refractivity contribution < 1.29 is 17.7 Å². The van der Waals surface area contributed by atoms with Crippen molar-refractivity contribution >= 4 is 58.4 Å². The minimum atomic E-state index is -1.89. The Kier molecular flexibility index (Phi) is 13.2. The molecule has 0 atom stereocenters. The van der Waals surface area contributed by atoms with Gasteiger partial charge in [0.15, 0.2) is 0 Å². The molecular formula is C10H26O4S4Si2. The normalized spacial score (nSPS) is 12.9. The number of rotatable bonds is 13. The highest BCUT2D eigenvalue weighted by Crippen LogP contribution is 2.44. The molecule has 0 aliphatic heterocycles. The van der Waals surface area contributed by atoms with Crippen molar-refractivity contribution in [2.24, 2.45) is 0 Å². The highest BCUT2D eigenvalue weighted by Gasteiger charge is 2.28. The Hall–Kier alpha value is 1.67. The van der Waals surface area contributed by atoms with Crippen LogP contribution in [0.3, 0.4) is 0 Å². The molecule has 0 rings (SSSR count). The molecule has 0 aromatic rings. The zero-order chi connectivity index (χ0) is 15.5. The summed E-state index contributed by atoms with van der Waals surface area (Å²) in [5.41, 5.74) is 0. The highest BCUT2D eigenvalue weighted by atomic mass is 33.7. The second-order valence-electron chi connectivity index (χ2n) is 4.36. The van der Waals surface area contributed by atoms with E-state index >= 15 is 0 Å². The average molecular weight is 395 g/mol. The van der Waals surface area contributed by atoms with Crippen molar-refractivity contribution in [3.63, 3.8) is 0 Å². The molecule has 0 spiro atoms. The third-order valence-electron chi connectivity index (χ3n) is 3.13. The summed E-state index contributed by atoms with van der Waals surface area (Å²) in [6.45, 7) is 4.20. The van der Waals surface area contributed by atoms with Crippen molar-refractivity contribution in [3.05, 3.63) is 0 Å². The lowest BCUT2D eigenvalue weighted by atomic mass is 11.0. The molecule has 0 saturated carbocycles. The summed E-state index contributed by atoms with van der Waals surface area (Å²) in [5.74, 6) is 2.12. The van der Waals surface area contributed by atoms with E-state index in [0.717, 1.165) is 23.6 Å². The van der Waals surface area contributed by atoms with Crippen LogP contribution in [0.15, 0.2) is 0 Å². The molecule has 10 heteroatoms. The van der Waals surface area contributed by atoms with Gasteiger partial charge in [-0.05, 0) is 32.7 Å². The van der Waals surface area contributed by atoms with Gasteiger partial charge in [-0.2, -0.15) is 0 Å². The largest absolute Gasteiger partial charge is 0.398 e. The van der Waals surface area contributed by atoms with E-state index in [2.05, 4.69) is 13.1 Å². The summed E-state index contributed by atoms with van der Waals surface area (Å²) in [5, 5.41) is 0. The Labute approximate surface area is 140 Å². The molecule has 4 nitrogen and oxygen atoms in total. The van der Waals surface area contributed by atoms with E-state index < -0.39 is 17.1 Å². The van der Waals surface area contributed by atoms with Crippen LogP contribution < -0.4 is 0 Å². The van der Waals surface area contributed by atoms with Gasteiger partial charge < -0.3 is 17.7 Å². The first kappa shape index (κ1) is 21.7. The lowest BCUT2D eigenvalue weighted by molar-refractivity contribution is 0.251. The van der Waals surface area contributed by atoms with Gasteiger partial charge in [0.05, 0.1) is 0 Å². The van der Waals surface area contributed by atoms with Gasteiger partial charge in [-0.1, -0.05) is 21.6 Å². The topological polar surface area (TPSA) is 36.9 Å². The Morgan fingerprint density at radius 1 is 0.650 bits per heavy atom. The van der Waals surface area contributed by atoms with Gasteiger partial charge in [-0.25, -0.2) is 0 Å². The fourth-order valence-electron chi connectivity index (χ4n) is 1.14. The summed E-state index contributed by atoms with van der Waals surface area (Å²) in [6.07, 6.45) is 0. The van der Waals surface area contributed by atoms with Gasteiger partial charge >= 0.3 is 17.1 Å². The quantitative estimate of drug-likeness (QED) is 0.258. The maximum atomic E-state index is 5.45. The molecule has 0 bridgehead atoms. The third kappa shape index (κ3) is 9.64. The van der Waals surface area contributed by atoms with Crippen molar-refractivity contribution in [1.29, 1.82) is 0 Å². The minimum Gasteiger partial charge on any atom is -0.398 e. The monoisotopic (exact) mass is 394 g/mol. The fraction of sp³-hybridized carbons (Fsp3) is 1.00. The van der Waals surface area contributed by atoms with E-state index in [9.17, 15) is 0 Å². The number of hydrogen-bond donors (Lipinski definition) is 0. The van der Waals surface area contributed by atoms with E-state index in [0.29, 0.717) is 0 Å². The van der Waals surface area contributed by atoms with Crippen LogP contribution in [0.1, 0.15) is 0 Å². The van der Waals surface area contributed by atoms with Crippen LogP contribution in [0.5, 0.6) is 0 Å². The van der Waals surface area contributed by atoms with Crippen LogP contribution >= 0.6 is 41.2 Å². The van der Waals surface area contributed by atoms with Crippen molar-refractivity contribution in [2.75, 3.05) is 39.9 Å². The number of hydrogen-bond acceptors (Lipinski definition) is 8. The van der Waals surface area contributed by atoms with E-state index in [1.54, 1.807) is 28.4 Å². The van der Waals surface area contributed by atoms with Crippen LogP contribution in [0, 0.1) is 0 Å². The lowest BCUT2D eigenvalue weighted by Crippen LogP contribution is -2.36. The van der Waals surface area contributed by atoms with Crippen molar-refractivity contribution in [3.8, 4) is 0 Å². The zero-order valence-corrected chi connectivity index (χ0v) is 18.4. The molecule has 0 N–H and O–H groups in total. The molecular weight excluding hydrogens is 369 g/mol. The lowest BCUT2D eigenvalue weighted by Gasteiger charge is -2.22. The van der Waals surface area contributed by atoms with Crippen LogP contribution in [-0.2, 0) is 17.7 Å². The molecule has 0 aliphatic rings. The van der Waals surface area contributed by atoms with Gasteiger partial charge in [0.25, 0.3) is 0 Å². The zero-order valence-electron chi connectivity index (χ0n) is 13.1. The Balaban J connectivity index is 3.50. The maximum Gasteiger partial charge on any atom is 0.335 e. The molecule has 0 saturated heterocycles. The standard InChI is InChI=1S/C10H26O4S4Si2/c1-11-19(5,12-2)9-7-15-17-18-16-8-10-20(6,13-3)14-4/h7-10H2,1-6H3. The predicted molar refractivity (Wildman–Crippen MR) is 101 cm³/mol. The molecule has 0 heterocycles. The van der Waals surface area contributed by atoms with Crippen LogP contribution in [-0.4, -0.2) is 57.1 Å². The van der Waals surface area contributed by atoms with E-state index in [-0.39, 0.29) is 0 Å². The maximum absolute atomic E-state index is 5.45. The molecule has 0 amide bonds. The summed E-state index contributed by atoms with van der Waals surface area (Å²) in [7, 11) is 10.6. The molecule has 0 unspecified atom stereocenters. The second kappa shape index (κ2) is 12.1. The molecule has 20 heavy (non-hydrogen) atoms. The van der Waals surface area contributed by atoms with Crippen LogP contribution in [0.25, 0.3) is 0 Å². The van der Waals surface area contributed by atoms with Gasteiger partial charge in [0, 0.05) is 52.0 Å². The first-order chi connectivity index (χ1) is 9.45. The van der Waals surface area contributed by atoms with Gasteiger partial charge in [-0.15, -0.1) is 0 Å². The molecule has 122 valence electrons. The van der Waals surface area contributed by atoms with Gasteiger partial charge in [-0.3, -0.25) is 0 Å². The predicted octanol–water partition coefficient (Wildman–Crippen LogP) is 4.39. The van der Waals surface area contributed by atoms with E-state index in [4.69, 9.17) is 17.7 Å². The fourth-order valence-corrected chi connectivity index (χ4v) is 12.3. The SMILES string of the molecule is CO[Si](C)(CCSSSSCC[Si](C)(OC)OC)OC. The van der Waals surface area contributed by atoms with Gasteiger partial charge in [0.1, 0.15) is 0 Å². The first-order valence-corrected chi connectivity index (χ1v) is 16.4. The summed E-state index contributed by atoms with van der Waals surface area (Å²) < 4.78 is 21.8.